The normalized spacial score (nSPS) is 10.7. The number of carbonyl (C=O) groups excluding carboxylic acids is 1. The van der Waals surface area contributed by atoms with Gasteiger partial charge in [0, 0.05) is 11.1 Å². The van der Waals surface area contributed by atoms with Crippen molar-refractivity contribution in [2.45, 2.75) is 20.4 Å². The molecule has 5 nitrogen and oxygen atoms in total. The van der Waals surface area contributed by atoms with Crippen LogP contribution in [0.2, 0.25) is 5.02 Å². The standard InChI is InChI=1S/C17H15ClN4O/c1-11-7-8-12(2)14(9-11)16(23)10-22-20-17(19-21-22)13-5-3-4-6-15(13)18/h3-9H,10H2,1-2H3. The van der Waals surface area contributed by atoms with Gasteiger partial charge in [-0.25, -0.2) is 0 Å². The number of Topliss-reactive ketones (excluding diaryl/α,β-unsaturated/α-hetero) is 1. The van der Waals surface area contributed by atoms with Crippen molar-refractivity contribution in [3.8, 4) is 11.4 Å². The van der Waals surface area contributed by atoms with Crippen molar-refractivity contribution in [3.05, 3.63) is 64.2 Å². The smallest absolute Gasteiger partial charge is 0.206 e. The van der Waals surface area contributed by atoms with E-state index in [2.05, 4.69) is 15.4 Å². The third-order valence-electron chi connectivity index (χ3n) is 3.55. The van der Waals surface area contributed by atoms with Crippen LogP contribution >= 0.6 is 11.6 Å². The van der Waals surface area contributed by atoms with Gasteiger partial charge in [0.05, 0.1) is 5.02 Å². The summed E-state index contributed by atoms with van der Waals surface area (Å²) in [5.41, 5.74) is 3.36. The predicted molar refractivity (Wildman–Crippen MR) is 88.5 cm³/mol. The molecule has 23 heavy (non-hydrogen) atoms. The molecule has 0 N–H and O–H groups in total. The van der Waals surface area contributed by atoms with E-state index in [4.69, 9.17) is 11.6 Å². The Morgan fingerprint density at radius 1 is 1.17 bits per heavy atom. The Hall–Kier alpha value is -2.53. The van der Waals surface area contributed by atoms with Gasteiger partial charge in [-0.05, 0) is 42.8 Å². The molecule has 0 saturated carbocycles. The second kappa shape index (κ2) is 6.30. The molecule has 0 aliphatic carbocycles. The van der Waals surface area contributed by atoms with E-state index in [-0.39, 0.29) is 12.3 Å². The number of nitrogens with zero attached hydrogens (tertiary/aromatic N) is 4. The number of hydrogen-bond donors (Lipinski definition) is 0. The maximum absolute atomic E-state index is 12.4. The highest BCUT2D eigenvalue weighted by Crippen LogP contribution is 2.23. The summed E-state index contributed by atoms with van der Waals surface area (Å²) in [6.45, 7) is 3.91. The number of aryl methyl sites for hydroxylation is 2. The quantitative estimate of drug-likeness (QED) is 0.688. The monoisotopic (exact) mass is 326 g/mol. The average Bonchev–Trinajstić information content (AvgIpc) is 2.98. The molecular weight excluding hydrogens is 312 g/mol. The Morgan fingerprint density at radius 2 is 1.96 bits per heavy atom. The molecule has 1 aromatic heterocycles. The largest absolute Gasteiger partial charge is 0.292 e. The van der Waals surface area contributed by atoms with Crippen LogP contribution in [0.5, 0.6) is 0 Å². The van der Waals surface area contributed by atoms with E-state index in [0.29, 0.717) is 22.0 Å². The van der Waals surface area contributed by atoms with Gasteiger partial charge in [-0.2, -0.15) is 4.80 Å². The Labute approximate surface area is 138 Å². The minimum atomic E-state index is -0.0469. The fraction of sp³-hybridized carbons (Fsp3) is 0.176. The van der Waals surface area contributed by atoms with Crippen LogP contribution in [0.15, 0.2) is 42.5 Å². The number of hydrogen-bond acceptors (Lipinski definition) is 4. The minimum Gasteiger partial charge on any atom is -0.292 e. The van der Waals surface area contributed by atoms with Crippen LogP contribution in [0.3, 0.4) is 0 Å². The van der Waals surface area contributed by atoms with Crippen LogP contribution in [-0.4, -0.2) is 26.0 Å². The van der Waals surface area contributed by atoms with Gasteiger partial charge in [0.25, 0.3) is 0 Å². The first kappa shape index (κ1) is 15.4. The zero-order valence-corrected chi connectivity index (χ0v) is 13.6. The van der Waals surface area contributed by atoms with Crippen molar-refractivity contribution in [1.29, 1.82) is 0 Å². The number of halogens is 1. The highest BCUT2D eigenvalue weighted by molar-refractivity contribution is 6.33. The second-order valence-corrected chi connectivity index (χ2v) is 5.77. The van der Waals surface area contributed by atoms with Crippen LogP contribution in [0, 0.1) is 13.8 Å². The van der Waals surface area contributed by atoms with Gasteiger partial charge >= 0.3 is 0 Å². The molecule has 3 aromatic rings. The van der Waals surface area contributed by atoms with Gasteiger partial charge in [-0.15, -0.1) is 10.2 Å². The van der Waals surface area contributed by atoms with Gasteiger partial charge in [0.1, 0.15) is 6.54 Å². The molecule has 0 fully saturated rings. The maximum atomic E-state index is 12.4. The van der Waals surface area contributed by atoms with E-state index in [1.165, 1.54) is 4.80 Å². The molecule has 0 saturated heterocycles. The number of carbonyl (C=O) groups is 1. The lowest BCUT2D eigenvalue weighted by Gasteiger charge is -2.05. The van der Waals surface area contributed by atoms with Gasteiger partial charge in [-0.1, -0.05) is 41.4 Å². The molecule has 0 aliphatic rings. The Kier molecular flexibility index (Phi) is 4.21. The Morgan fingerprint density at radius 3 is 2.74 bits per heavy atom. The van der Waals surface area contributed by atoms with E-state index >= 15 is 0 Å². The van der Waals surface area contributed by atoms with Gasteiger partial charge in [0.15, 0.2) is 5.78 Å². The first-order chi connectivity index (χ1) is 11.0. The van der Waals surface area contributed by atoms with Crippen molar-refractivity contribution < 1.29 is 4.79 Å². The van der Waals surface area contributed by atoms with Crippen LogP contribution in [-0.2, 0) is 6.54 Å². The fourth-order valence-corrected chi connectivity index (χ4v) is 2.53. The number of benzene rings is 2. The van der Waals surface area contributed by atoms with E-state index < -0.39 is 0 Å². The number of ketones is 1. The molecular formula is C17H15ClN4O. The SMILES string of the molecule is Cc1ccc(C)c(C(=O)Cn2nnc(-c3ccccc3Cl)n2)c1. The molecule has 0 aliphatic heterocycles. The lowest BCUT2D eigenvalue weighted by molar-refractivity contribution is 0.0960. The molecule has 0 unspecified atom stereocenters. The lowest BCUT2D eigenvalue weighted by Crippen LogP contribution is -2.14. The average molecular weight is 327 g/mol. The zero-order valence-electron chi connectivity index (χ0n) is 12.8. The first-order valence-electron chi connectivity index (χ1n) is 7.18. The van der Waals surface area contributed by atoms with Crippen LogP contribution < -0.4 is 0 Å². The topological polar surface area (TPSA) is 60.7 Å². The highest BCUT2D eigenvalue weighted by atomic mass is 35.5. The predicted octanol–water partition coefficient (Wildman–Crippen LogP) is 3.49. The zero-order chi connectivity index (χ0) is 16.4. The Bertz CT molecular complexity index is 873. The summed E-state index contributed by atoms with van der Waals surface area (Å²) in [5, 5.41) is 12.7. The summed E-state index contributed by atoms with van der Waals surface area (Å²) < 4.78 is 0. The van der Waals surface area contributed by atoms with E-state index in [1.54, 1.807) is 6.07 Å². The number of tetrazole rings is 1. The van der Waals surface area contributed by atoms with Crippen molar-refractivity contribution in [2.75, 3.05) is 0 Å². The van der Waals surface area contributed by atoms with Crippen LogP contribution in [0.1, 0.15) is 21.5 Å². The van der Waals surface area contributed by atoms with E-state index in [1.807, 2.05) is 50.2 Å². The summed E-state index contributed by atoms with van der Waals surface area (Å²) in [5.74, 6) is 0.360. The maximum Gasteiger partial charge on any atom is 0.206 e. The van der Waals surface area contributed by atoms with Crippen molar-refractivity contribution in [2.24, 2.45) is 0 Å². The molecule has 0 spiro atoms. The van der Waals surface area contributed by atoms with Gasteiger partial charge in [-0.3, -0.25) is 4.79 Å². The molecule has 0 amide bonds. The lowest BCUT2D eigenvalue weighted by atomic mass is 10.0. The third kappa shape index (κ3) is 3.29. The minimum absolute atomic E-state index is 0.0434. The van der Waals surface area contributed by atoms with E-state index in [9.17, 15) is 4.79 Å². The highest BCUT2D eigenvalue weighted by Gasteiger charge is 2.14. The summed E-state index contributed by atoms with van der Waals surface area (Å²) in [7, 11) is 0. The van der Waals surface area contributed by atoms with Crippen LogP contribution in [0.25, 0.3) is 11.4 Å². The third-order valence-corrected chi connectivity index (χ3v) is 3.88. The molecule has 116 valence electrons. The Balaban J connectivity index is 1.83. The second-order valence-electron chi connectivity index (χ2n) is 5.36. The summed E-state index contributed by atoms with van der Waals surface area (Å²) in [4.78, 5) is 13.7. The van der Waals surface area contributed by atoms with Crippen LogP contribution in [0.4, 0.5) is 0 Å². The molecule has 2 aromatic carbocycles. The van der Waals surface area contributed by atoms with Crippen molar-refractivity contribution in [3.63, 3.8) is 0 Å². The molecule has 0 radical (unpaired) electrons. The molecule has 0 atom stereocenters. The number of rotatable bonds is 4. The number of aromatic nitrogens is 4. The van der Waals surface area contributed by atoms with Gasteiger partial charge < -0.3 is 0 Å². The first-order valence-corrected chi connectivity index (χ1v) is 7.55. The molecule has 6 heteroatoms. The van der Waals surface area contributed by atoms with Crippen molar-refractivity contribution in [1.82, 2.24) is 20.2 Å². The molecule has 1 heterocycles. The van der Waals surface area contributed by atoms with Gasteiger partial charge in [0.2, 0.25) is 5.82 Å². The molecule has 0 bridgehead atoms. The summed E-state index contributed by atoms with van der Waals surface area (Å²) >= 11 is 6.12. The fourth-order valence-electron chi connectivity index (χ4n) is 2.31. The van der Waals surface area contributed by atoms with E-state index in [0.717, 1.165) is 11.1 Å². The van der Waals surface area contributed by atoms with Crippen molar-refractivity contribution >= 4 is 17.4 Å². The summed E-state index contributed by atoms with van der Waals surface area (Å²) in [6.07, 6.45) is 0. The molecule has 3 rings (SSSR count). The summed E-state index contributed by atoms with van der Waals surface area (Å²) in [6, 6.07) is 13.1.